The van der Waals surface area contributed by atoms with Crippen LogP contribution >= 0.6 is 39.0 Å². The molecule has 4 aromatic rings. The lowest BCUT2D eigenvalue weighted by molar-refractivity contribution is -0.118. The second-order valence-electron chi connectivity index (χ2n) is 8.88. The van der Waals surface area contributed by atoms with Crippen molar-refractivity contribution in [2.24, 2.45) is 5.10 Å². The summed E-state index contributed by atoms with van der Waals surface area (Å²) >= 11 is 6.25. The van der Waals surface area contributed by atoms with Crippen molar-refractivity contribution in [2.75, 3.05) is 12.4 Å². The summed E-state index contributed by atoms with van der Waals surface area (Å²) in [7, 11) is 0. The number of thiophene rings is 1. The summed E-state index contributed by atoms with van der Waals surface area (Å²) < 4.78 is 8.17. The molecule has 7 nitrogen and oxygen atoms in total. The molecule has 2 aromatic heterocycles. The number of carbonyl (C=O) groups is 1. The number of carbonyl (C=O) groups excluding carboxylic acids is 1. The van der Waals surface area contributed by atoms with Gasteiger partial charge < -0.3 is 4.74 Å². The van der Waals surface area contributed by atoms with E-state index in [-0.39, 0.29) is 17.2 Å². The fraction of sp³-hybridized carbons (Fsp3) is 0.286. The van der Waals surface area contributed by atoms with Gasteiger partial charge >= 0.3 is 0 Å². The second kappa shape index (κ2) is 11.8. The van der Waals surface area contributed by atoms with Crippen LogP contribution in [-0.2, 0) is 17.6 Å². The van der Waals surface area contributed by atoms with E-state index < -0.39 is 0 Å². The maximum absolute atomic E-state index is 13.9. The molecule has 0 saturated carbocycles. The molecular formula is C28H27BrN4O3S2. The number of hydrogen-bond donors (Lipinski definition) is 1. The Morgan fingerprint density at radius 1 is 1.16 bits per heavy atom. The summed E-state index contributed by atoms with van der Waals surface area (Å²) in [6, 6.07) is 15.1. The maximum Gasteiger partial charge on any atom is 0.267 e. The summed E-state index contributed by atoms with van der Waals surface area (Å²) in [5, 5.41) is 5.43. The molecule has 196 valence electrons. The maximum atomic E-state index is 13.9. The first-order chi connectivity index (χ1) is 18.4. The van der Waals surface area contributed by atoms with E-state index in [0.29, 0.717) is 28.5 Å². The highest BCUT2D eigenvalue weighted by atomic mass is 79.9. The predicted molar refractivity (Wildman–Crippen MR) is 158 cm³/mol. The number of hydrogen-bond acceptors (Lipinski definition) is 7. The topological polar surface area (TPSA) is 85.6 Å². The van der Waals surface area contributed by atoms with E-state index in [1.807, 2.05) is 62.4 Å². The average molecular weight is 612 g/mol. The molecule has 0 saturated heterocycles. The Morgan fingerprint density at radius 3 is 2.63 bits per heavy atom. The van der Waals surface area contributed by atoms with Crippen molar-refractivity contribution < 1.29 is 9.53 Å². The largest absolute Gasteiger partial charge is 0.494 e. The van der Waals surface area contributed by atoms with E-state index in [1.165, 1.54) is 16.6 Å². The van der Waals surface area contributed by atoms with Crippen LogP contribution in [0.25, 0.3) is 15.9 Å². The van der Waals surface area contributed by atoms with Gasteiger partial charge in [0.15, 0.2) is 5.16 Å². The molecule has 1 aliphatic rings. The first-order valence-corrected chi connectivity index (χ1v) is 15.1. The summed E-state index contributed by atoms with van der Waals surface area (Å²) in [5.74, 6) is 0.528. The minimum atomic E-state index is -0.274. The number of nitrogens with one attached hydrogen (secondary N) is 1. The molecule has 0 spiro atoms. The lowest BCUT2D eigenvalue weighted by Gasteiger charge is -2.14. The van der Waals surface area contributed by atoms with Crippen LogP contribution in [0, 0.1) is 0 Å². The quantitative estimate of drug-likeness (QED) is 0.112. The molecule has 0 fully saturated rings. The number of aryl methyl sites for hydroxylation is 2. The first kappa shape index (κ1) is 26.6. The molecule has 0 aliphatic heterocycles. The molecule has 0 bridgehead atoms. The number of aromatic nitrogens is 2. The monoisotopic (exact) mass is 610 g/mol. The van der Waals surface area contributed by atoms with Gasteiger partial charge in [0.05, 0.1) is 29.1 Å². The smallest absolute Gasteiger partial charge is 0.267 e. The number of amides is 1. The number of halogens is 1. The second-order valence-corrected chi connectivity index (χ2v) is 11.8. The average Bonchev–Trinajstić information content (AvgIpc) is 3.30. The molecule has 5 rings (SSSR count). The number of rotatable bonds is 8. The van der Waals surface area contributed by atoms with Crippen molar-refractivity contribution in [2.45, 2.75) is 44.7 Å². The molecule has 1 aliphatic carbocycles. The molecule has 2 aromatic carbocycles. The summed E-state index contributed by atoms with van der Waals surface area (Å²) in [6.45, 7) is 4.34. The highest BCUT2D eigenvalue weighted by molar-refractivity contribution is 9.10. The van der Waals surface area contributed by atoms with Gasteiger partial charge in [-0.2, -0.15) is 5.10 Å². The Bertz CT molecular complexity index is 1560. The SMILES string of the molecule is CCOc1ccc(-n2c(SCC(=O)NN=C(C)c3ccc(Br)cc3)nc3sc4c(c3c2=O)CCCC4)cc1. The van der Waals surface area contributed by atoms with Crippen LogP contribution < -0.4 is 15.7 Å². The van der Waals surface area contributed by atoms with Crippen LogP contribution in [0.3, 0.4) is 0 Å². The van der Waals surface area contributed by atoms with Gasteiger partial charge in [-0.3, -0.25) is 14.2 Å². The fourth-order valence-corrected chi connectivity index (χ4v) is 6.81. The van der Waals surface area contributed by atoms with Crippen LogP contribution in [0.1, 0.15) is 42.7 Å². The summed E-state index contributed by atoms with van der Waals surface area (Å²) in [4.78, 5) is 33.5. The number of benzene rings is 2. The Balaban J connectivity index is 1.44. The highest BCUT2D eigenvalue weighted by Crippen LogP contribution is 2.35. The molecule has 10 heteroatoms. The lowest BCUT2D eigenvalue weighted by atomic mass is 9.97. The Labute approximate surface area is 237 Å². The van der Waals surface area contributed by atoms with Crippen molar-refractivity contribution >= 4 is 60.9 Å². The van der Waals surface area contributed by atoms with Crippen molar-refractivity contribution in [1.82, 2.24) is 15.0 Å². The van der Waals surface area contributed by atoms with E-state index in [1.54, 1.807) is 15.9 Å². The zero-order valence-corrected chi connectivity index (χ0v) is 24.3. The molecule has 1 N–H and O–H groups in total. The summed E-state index contributed by atoms with van der Waals surface area (Å²) in [6.07, 6.45) is 4.10. The van der Waals surface area contributed by atoms with E-state index in [4.69, 9.17) is 9.72 Å². The minimum absolute atomic E-state index is 0.0667. The highest BCUT2D eigenvalue weighted by Gasteiger charge is 2.23. The van der Waals surface area contributed by atoms with Crippen LogP contribution in [0.4, 0.5) is 0 Å². The number of nitrogens with zero attached hydrogens (tertiary/aromatic N) is 3. The van der Waals surface area contributed by atoms with E-state index in [0.717, 1.165) is 51.9 Å². The Kier molecular flexibility index (Phi) is 8.30. The van der Waals surface area contributed by atoms with Gasteiger partial charge in [-0.05, 0) is 87.1 Å². The van der Waals surface area contributed by atoms with E-state index in [2.05, 4.69) is 26.5 Å². The summed E-state index contributed by atoms with van der Waals surface area (Å²) in [5.41, 5.74) is 5.98. The van der Waals surface area contributed by atoms with Gasteiger partial charge in [-0.15, -0.1) is 11.3 Å². The van der Waals surface area contributed by atoms with Gasteiger partial charge in [-0.1, -0.05) is 39.8 Å². The van der Waals surface area contributed by atoms with Crippen LogP contribution in [0.2, 0.25) is 0 Å². The van der Waals surface area contributed by atoms with Crippen LogP contribution in [-0.4, -0.2) is 33.5 Å². The molecule has 2 heterocycles. The third kappa shape index (κ3) is 5.72. The number of ether oxygens (including phenoxy) is 1. The van der Waals surface area contributed by atoms with Gasteiger partial charge in [0, 0.05) is 9.35 Å². The predicted octanol–water partition coefficient (Wildman–Crippen LogP) is 6.12. The first-order valence-electron chi connectivity index (χ1n) is 12.5. The van der Waals surface area contributed by atoms with Crippen LogP contribution in [0.15, 0.2) is 68.1 Å². The normalized spacial score (nSPS) is 13.4. The number of hydrazone groups is 1. The van der Waals surface area contributed by atoms with Gasteiger partial charge in [0.2, 0.25) is 0 Å². The van der Waals surface area contributed by atoms with Crippen molar-refractivity contribution in [1.29, 1.82) is 0 Å². The zero-order valence-electron chi connectivity index (χ0n) is 21.1. The van der Waals surface area contributed by atoms with E-state index >= 15 is 0 Å². The van der Waals surface area contributed by atoms with Crippen molar-refractivity contribution in [3.05, 3.63) is 79.4 Å². The lowest BCUT2D eigenvalue weighted by Crippen LogP contribution is -2.24. The fourth-order valence-electron chi connectivity index (χ4n) is 4.43. The van der Waals surface area contributed by atoms with Gasteiger partial charge in [0.25, 0.3) is 11.5 Å². The standard InChI is InChI=1S/C28H27BrN4O3S2/c1-3-36-21-14-12-20(13-15-21)33-27(35)25-22-6-4-5-7-23(22)38-26(25)30-28(33)37-16-24(34)32-31-17(2)18-8-10-19(29)11-9-18/h8-15H,3-7,16H2,1-2H3,(H,32,34). The third-order valence-electron chi connectivity index (χ3n) is 6.31. The molecule has 0 radical (unpaired) electrons. The van der Waals surface area contributed by atoms with Gasteiger partial charge in [0.1, 0.15) is 10.6 Å². The molecule has 0 atom stereocenters. The molecule has 1 amide bonds. The van der Waals surface area contributed by atoms with Crippen LogP contribution in [0.5, 0.6) is 5.75 Å². The Hall–Kier alpha value is -2.95. The zero-order chi connectivity index (χ0) is 26.6. The van der Waals surface area contributed by atoms with Crippen molar-refractivity contribution in [3.8, 4) is 11.4 Å². The molecule has 0 unspecified atom stereocenters. The third-order valence-corrected chi connectivity index (χ3v) is 8.96. The molecule has 38 heavy (non-hydrogen) atoms. The van der Waals surface area contributed by atoms with Gasteiger partial charge in [-0.25, -0.2) is 10.4 Å². The molecular weight excluding hydrogens is 584 g/mol. The van der Waals surface area contributed by atoms with Crippen molar-refractivity contribution in [3.63, 3.8) is 0 Å². The Morgan fingerprint density at radius 2 is 1.89 bits per heavy atom. The number of fused-ring (bicyclic) bond motifs is 3. The van der Waals surface area contributed by atoms with E-state index in [9.17, 15) is 9.59 Å². The number of thioether (sulfide) groups is 1. The minimum Gasteiger partial charge on any atom is -0.494 e.